The zero-order valence-corrected chi connectivity index (χ0v) is 31.7. The molecule has 0 aliphatic rings. The highest BCUT2D eigenvalue weighted by molar-refractivity contribution is 6.21. The Kier molecular flexibility index (Phi) is 7.47. The van der Waals surface area contributed by atoms with E-state index in [-0.39, 0.29) is 0 Å². The van der Waals surface area contributed by atoms with Crippen LogP contribution in [0, 0.1) is 0 Å². The van der Waals surface area contributed by atoms with Crippen molar-refractivity contribution in [3.63, 3.8) is 0 Å². The van der Waals surface area contributed by atoms with Crippen LogP contribution in [0.1, 0.15) is 0 Å². The molecule has 5 heteroatoms. The SMILES string of the molecule is c1ccc(-c2nc(-c3ccc(-c4nc5ccccc5c5c4oc4ccccc45)cc3)nc(-c3ccc(-c4cc5ccccc5c5ccccc45)c4ccccc34)n2)cc1. The van der Waals surface area contributed by atoms with Crippen molar-refractivity contribution in [2.45, 2.75) is 0 Å². The van der Waals surface area contributed by atoms with Crippen LogP contribution in [-0.2, 0) is 0 Å². The smallest absolute Gasteiger partial charge is 0.164 e. The van der Waals surface area contributed by atoms with Crippen LogP contribution < -0.4 is 0 Å². The molecule has 274 valence electrons. The molecule has 0 aliphatic heterocycles. The zero-order chi connectivity index (χ0) is 38.9. The quantitative estimate of drug-likeness (QED) is 0.164. The number of benzene rings is 9. The number of nitrogens with zero attached hydrogens (tertiary/aromatic N) is 4. The van der Waals surface area contributed by atoms with Crippen molar-refractivity contribution >= 4 is 65.2 Å². The van der Waals surface area contributed by atoms with Gasteiger partial charge in [0.2, 0.25) is 0 Å². The Morgan fingerprint density at radius 1 is 0.322 bits per heavy atom. The number of rotatable bonds is 5. The summed E-state index contributed by atoms with van der Waals surface area (Å²) in [5.41, 5.74) is 9.40. The van der Waals surface area contributed by atoms with Crippen molar-refractivity contribution in [2.75, 3.05) is 0 Å². The van der Waals surface area contributed by atoms with E-state index in [4.69, 9.17) is 24.4 Å². The Balaban J connectivity index is 1.02. The van der Waals surface area contributed by atoms with Crippen LogP contribution >= 0.6 is 0 Å². The maximum absolute atomic E-state index is 6.51. The van der Waals surface area contributed by atoms with Gasteiger partial charge in [0.25, 0.3) is 0 Å². The van der Waals surface area contributed by atoms with Gasteiger partial charge in [0.1, 0.15) is 11.3 Å². The highest BCUT2D eigenvalue weighted by Crippen LogP contribution is 2.42. The lowest BCUT2D eigenvalue weighted by Crippen LogP contribution is -2.01. The molecule has 3 aromatic heterocycles. The third kappa shape index (κ3) is 5.40. The maximum Gasteiger partial charge on any atom is 0.164 e. The number of aromatic nitrogens is 4. The summed E-state index contributed by atoms with van der Waals surface area (Å²) in [6, 6.07) is 67.5. The van der Waals surface area contributed by atoms with Gasteiger partial charge in [0, 0.05) is 38.4 Å². The molecule has 0 radical (unpaired) electrons. The molecular weight excluding hydrogens is 721 g/mol. The van der Waals surface area contributed by atoms with Crippen molar-refractivity contribution in [3.8, 4) is 56.5 Å². The molecule has 3 heterocycles. The molecule has 0 amide bonds. The van der Waals surface area contributed by atoms with E-state index in [2.05, 4.69) is 146 Å². The summed E-state index contributed by atoms with van der Waals surface area (Å²) in [5.74, 6) is 1.82. The predicted molar refractivity (Wildman–Crippen MR) is 242 cm³/mol. The first-order valence-electron chi connectivity index (χ1n) is 19.8. The van der Waals surface area contributed by atoms with Gasteiger partial charge in [-0.05, 0) is 67.7 Å². The lowest BCUT2D eigenvalue weighted by Gasteiger charge is -2.15. The standard InChI is InChI=1S/C54H32N4O/c1-2-14-34(15-3-1)52-56-53(35-28-26-33(27-29-35)50-51-49(44-22-10-12-24-47(44)55-50)45-23-11-13-25-48(45)59-51)58-54(57-52)43-31-30-42(39-19-7-8-20-40(39)43)46-32-36-16-4-5-17-37(36)38-18-6-9-21-41(38)46/h1-32H. The highest BCUT2D eigenvalue weighted by Gasteiger charge is 2.20. The second-order valence-electron chi connectivity index (χ2n) is 14.9. The molecule has 12 rings (SSSR count). The van der Waals surface area contributed by atoms with E-state index in [9.17, 15) is 0 Å². The number of fused-ring (bicyclic) bond motifs is 9. The number of para-hydroxylation sites is 2. The van der Waals surface area contributed by atoms with Gasteiger partial charge in [0.15, 0.2) is 23.1 Å². The van der Waals surface area contributed by atoms with E-state index in [1.807, 2.05) is 48.5 Å². The summed E-state index contributed by atoms with van der Waals surface area (Å²) in [7, 11) is 0. The summed E-state index contributed by atoms with van der Waals surface area (Å²) in [6.45, 7) is 0. The minimum Gasteiger partial charge on any atom is -0.454 e. The average Bonchev–Trinajstić information content (AvgIpc) is 3.71. The Morgan fingerprint density at radius 3 is 1.61 bits per heavy atom. The van der Waals surface area contributed by atoms with Crippen LogP contribution in [0.5, 0.6) is 0 Å². The fourth-order valence-electron chi connectivity index (χ4n) is 8.75. The third-order valence-corrected chi connectivity index (χ3v) is 11.5. The summed E-state index contributed by atoms with van der Waals surface area (Å²) in [5, 5.41) is 10.4. The van der Waals surface area contributed by atoms with E-state index < -0.39 is 0 Å². The maximum atomic E-state index is 6.51. The molecule has 59 heavy (non-hydrogen) atoms. The van der Waals surface area contributed by atoms with E-state index in [1.54, 1.807) is 0 Å². The zero-order valence-electron chi connectivity index (χ0n) is 31.7. The normalized spacial score (nSPS) is 11.7. The van der Waals surface area contributed by atoms with Crippen molar-refractivity contribution in [2.24, 2.45) is 0 Å². The number of furan rings is 1. The fourth-order valence-corrected chi connectivity index (χ4v) is 8.75. The molecule has 12 aromatic rings. The van der Waals surface area contributed by atoms with Crippen molar-refractivity contribution in [3.05, 3.63) is 194 Å². The van der Waals surface area contributed by atoms with Gasteiger partial charge in [0.05, 0.1) is 5.52 Å². The topological polar surface area (TPSA) is 64.7 Å². The Labute approximate surface area is 338 Å². The minimum atomic E-state index is 0.592. The largest absolute Gasteiger partial charge is 0.454 e. The molecule has 0 aliphatic carbocycles. The Morgan fingerprint density at radius 2 is 0.847 bits per heavy atom. The molecule has 0 saturated carbocycles. The van der Waals surface area contributed by atoms with Gasteiger partial charge in [-0.25, -0.2) is 19.9 Å². The van der Waals surface area contributed by atoms with E-state index in [0.717, 1.165) is 71.6 Å². The minimum absolute atomic E-state index is 0.592. The van der Waals surface area contributed by atoms with Crippen molar-refractivity contribution in [1.29, 1.82) is 0 Å². The number of hydrogen-bond acceptors (Lipinski definition) is 5. The van der Waals surface area contributed by atoms with Gasteiger partial charge < -0.3 is 4.42 Å². The van der Waals surface area contributed by atoms with E-state index >= 15 is 0 Å². The van der Waals surface area contributed by atoms with Gasteiger partial charge in [-0.3, -0.25) is 0 Å². The summed E-state index contributed by atoms with van der Waals surface area (Å²) in [4.78, 5) is 20.6. The van der Waals surface area contributed by atoms with Crippen LogP contribution in [0.2, 0.25) is 0 Å². The predicted octanol–water partition coefficient (Wildman–Crippen LogP) is 14.1. The first-order valence-corrected chi connectivity index (χ1v) is 19.8. The summed E-state index contributed by atoms with van der Waals surface area (Å²) < 4.78 is 6.51. The van der Waals surface area contributed by atoms with Crippen LogP contribution in [0.15, 0.2) is 199 Å². The van der Waals surface area contributed by atoms with Gasteiger partial charge in [-0.1, -0.05) is 170 Å². The molecule has 0 N–H and O–H groups in total. The van der Waals surface area contributed by atoms with E-state index in [0.29, 0.717) is 17.5 Å². The van der Waals surface area contributed by atoms with Gasteiger partial charge >= 0.3 is 0 Å². The second kappa shape index (κ2) is 13.3. The first-order chi connectivity index (χ1) is 29.2. The summed E-state index contributed by atoms with van der Waals surface area (Å²) >= 11 is 0. The van der Waals surface area contributed by atoms with Crippen LogP contribution in [0.4, 0.5) is 0 Å². The Hall–Kier alpha value is -8.02. The fraction of sp³-hybridized carbons (Fsp3) is 0. The molecule has 0 atom stereocenters. The molecule has 0 fully saturated rings. The average molecular weight is 753 g/mol. The van der Waals surface area contributed by atoms with Gasteiger partial charge in [-0.2, -0.15) is 0 Å². The monoisotopic (exact) mass is 752 g/mol. The first kappa shape index (κ1) is 33.2. The molecule has 0 saturated heterocycles. The highest BCUT2D eigenvalue weighted by atomic mass is 16.3. The number of pyridine rings is 1. The van der Waals surface area contributed by atoms with E-state index in [1.165, 1.54) is 32.7 Å². The van der Waals surface area contributed by atoms with Crippen molar-refractivity contribution in [1.82, 2.24) is 19.9 Å². The summed E-state index contributed by atoms with van der Waals surface area (Å²) in [6.07, 6.45) is 0. The lowest BCUT2D eigenvalue weighted by molar-refractivity contribution is 0.669. The molecule has 5 nitrogen and oxygen atoms in total. The second-order valence-corrected chi connectivity index (χ2v) is 14.9. The van der Waals surface area contributed by atoms with Crippen LogP contribution in [-0.4, -0.2) is 19.9 Å². The van der Waals surface area contributed by atoms with Gasteiger partial charge in [-0.15, -0.1) is 0 Å². The molecule has 0 spiro atoms. The molecule has 0 bridgehead atoms. The third-order valence-electron chi connectivity index (χ3n) is 11.5. The number of hydrogen-bond donors (Lipinski definition) is 0. The van der Waals surface area contributed by atoms with Crippen molar-refractivity contribution < 1.29 is 4.42 Å². The lowest BCUT2D eigenvalue weighted by atomic mass is 9.89. The van der Waals surface area contributed by atoms with Crippen LogP contribution in [0.25, 0.3) is 122 Å². The molecule has 0 unspecified atom stereocenters. The molecular formula is C54H32N4O. The van der Waals surface area contributed by atoms with Crippen LogP contribution in [0.3, 0.4) is 0 Å². The molecule has 9 aromatic carbocycles. The Bertz CT molecular complexity index is 3610.